The fourth-order valence-corrected chi connectivity index (χ4v) is 5.58. The third-order valence-electron chi connectivity index (χ3n) is 7.72. The molecular formula is C25H32O8. The Morgan fingerprint density at radius 2 is 1.15 bits per heavy atom. The number of aliphatic hydroxyl groups is 1. The minimum atomic E-state index is -1.24. The van der Waals surface area contributed by atoms with Gasteiger partial charge >= 0.3 is 17.9 Å². The monoisotopic (exact) mass is 460 g/mol. The van der Waals surface area contributed by atoms with Gasteiger partial charge in [-0.15, -0.1) is 0 Å². The molecule has 2 heterocycles. The normalized spacial score (nSPS) is 39.4. The zero-order valence-corrected chi connectivity index (χ0v) is 19.6. The number of allylic oxidation sites excluding steroid dienone is 2. The first kappa shape index (κ1) is 23.4. The van der Waals surface area contributed by atoms with Gasteiger partial charge in [-0.2, -0.15) is 0 Å². The lowest BCUT2D eigenvalue weighted by Gasteiger charge is -2.47. The average molecular weight is 461 g/mol. The summed E-state index contributed by atoms with van der Waals surface area (Å²) < 4.78 is 22.7. The largest absolute Gasteiger partial charge is 0.480 e. The number of hydrogen-bond acceptors (Lipinski definition) is 8. The van der Waals surface area contributed by atoms with E-state index in [0.717, 1.165) is 38.5 Å². The van der Waals surface area contributed by atoms with Gasteiger partial charge in [0.1, 0.15) is 11.1 Å². The molecule has 4 rings (SSSR count). The smallest absolute Gasteiger partial charge is 0.348 e. The molecular weight excluding hydrogens is 428 g/mol. The summed E-state index contributed by atoms with van der Waals surface area (Å²) in [7, 11) is 0. The Morgan fingerprint density at radius 3 is 1.61 bits per heavy atom. The van der Waals surface area contributed by atoms with E-state index in [2.05, 4.69) is 0 Å². The van der Waals surface area contributed by atoms with Crippen LogP contribution in [0.4, 0.5) is 0 Å². The average Bonchev–Trinajstić information content (AvgIpc) is 2.74. The van der Waals surface area contributed by atoms with Crippen molar-refractivity contribution < 1.29 is 38.4 Å². The Kier molecular flexibility index (Phi) is 6.05. The van der Waals surface area contributed by atoms with Crippen LogP contribution in [0.5, 0.6) is 0 Å². The molecule has 4 unspecified atom stereocenters. The molecule has 33 heavy (non-hydrogen) atoms. The second-order valence-corrected chi connectivity index (χ2v) is 9.84. The highest BCUT2D eigenvalue weighted by Crippen LogP contribution is 2.46. The Hall–Kier alpha value is -2.77. The lowest BCUT2D eigenvalue weighted by atomic mass is 9.76. The van der Waals surface area contributed by atoms with Gasteiger partial charge in [0.25, 0.3) is 17.5 Å². The van der Waals surface area contributed by atoms with Crippen molar-refractivity contribution in [1.82, 2.24) is 0 Å². The maximum Gasteiger partial charge on any atom is 0.348 e. The van der Waals surface area contributed by atoms with Crippen LogP contribution >= 0.6 is 0 Å². The Balaban J connectivity index is 1.52. The molecule has 1 saturated heterocycles. The molecule has 4 atom stereocenters. The zero-order chi connectivity index (χ0) is 24.0. The molecule has 0 aromatic carbocycles. The van der Waals surface area contributed by atoms with E-state index in [0.29, 0.717) is 0 Å². The molecule has 2 saturated carbocycles. The summed E-state index contributed by atoms with van der Waals surface area (Å²) in [5.74, 6) is -5.52. The van der Waals surface area contributed by atoms with E-state index in [9.17, 15) is 19.5 Å². The topological polar surface area (TPSA) is 108 Å². The molecule has 0 amide bonds. The van der Waals surface area contributed by atoms with Gasteiger partial charge in [-0.05, 0) is 37.8 Å². The van der Waals surface area contributed by atoms with Crippen molar-refractivity contribution in [3.63, 3.8) is 0 Å². The van der Waals surface area contributed by atoms with Gasteiger partial charge in [-0.3, -0.25) is 0 Å². The number of carbonyl (C=O) groups excluding carboxylic acids is 3. The first-order chi connectivity index (χ1) is 15.6. The quantitative estimate of drug-likeness (QED) is 0.371. The molecule has 0 bridgehead atoms. The number of esters is 3. The summed E-state index contributed by atoms with van der Waals surface area (Å²) in [5.41, 5.74) is -0.469. The van der Waals surface area contributed by atoms with Crippen LogP contribution in [0.1, 0.15) is 66.2 Å². The third kappa shape index (κ3) is 3.83. The fourth-order valence-electron chi connectivity index (χ4n) is 5.58. The minimum Gasteiger partial charge on any atom is -0.480 e. The van der Waals surface area contributed by atoms with Gasteiger partial charge in [0, 0.05) is 23.7 Å². The van der Waals surface area contributed by atoms with Gasteiger partial charge < -0.3 is 24.1 Å². The van der Waals surface area contributed by atoms with Crippen LogP contribution in [-0.4, -0.2) is 34.6 Å². The fraction of sp³-hybridized carbons (Fsp3) is 0.640. The molecule has 2 aliphatic carbocycles. The number of aliphatic hydroxyl groups excluding tert-OH is 1. The maximum atomic E-state index is 12.7. The molecule has 180 valence electrons. The lowest BCUT2D eigenvalue weighted by molar-refractivity contribution is -0.290. The van der Waals surface area contributed by atoms with Crippen LogP contribution in [0.3, 0.4) is 0 Å². The van der Waals surface area contributed by atoms with Crippen molar-refractivity contribution in [2.45, 2.75) is 77.8 Å². The van der Waals surface area contributed by atoms with Crippen LogP contribution in [0.15, 0.2) is 35.3 Å². The molecule has 3 fully saturated rings. The van der Waals surface area contributed by atoms with Crippen LogP contribution < -0.4 is 0 Å². The molecule has 2 aliphatic heterocycles. The van der Waals surface area contributed by atoms with Crippen molar-refractivity contribution in [3.05, 3.63) is 35.3 Å². The third-order valence-corrected chi connectivity index (χ3v) is 7.72. The van der Waals surface area contributed by atoms with Crippen molar-refractivity contribution in [3.8, 4) is 0 Å². The Bertz CT molecular complexity index is 900. The molecule has 4 aliphatic rings. The van der Waals surface area contributed by atoms with Crippen molar-refractivity contribution in [2.75, 3.05) is 0 Å². The first-order valence-corrected chi connectivity index (χ1v) is 11.8. The summed E-state index contributed by atoms with van der Waals surface area (Å²) in [5, 5.41) is 10.5. The van der Waals surface area contributed by atoms with Gasteiger partial charge in [-0.25, -0.2) is 14.4 Å². The van der Waals surface area contributed by atoms with Crippen molar-refractivity contribution >= 4 is 17.9 Å². The van der Waals surface area contributed by atoms with Crippen LogP contribution in [0.2, 0.25) is 0 Å². The number of rotatable bonds is 2. The maximum absolute atomic E-state index is 12.7. The van der Waals surface area contributed by atoms with E-state index in [-0.39, 0.29) is 34.8 Å². The number of carbonyl (C=O) groups is 3. The molecule has 0 aromatic heterocycles. The standard InChI is InChI=1S/C25H32O8/c1-14-8-5-9-15(2)24(14)30-20(26)18(21(27)31-24)12-7-13-19-22(28)32-25(33-23(19)29)16(3)10-6-11-17(25)4/h7,12-17,26H,5-6,8-11H2,1-4H3. The second-order valence-electron chi connectivity index (χ2n) is 9.84. The Morgan fingerprint density at radius 1 is 0.727 bits per heavy atom. The summed E-state index contributed by atoms with van der Waals surface area (Å²) in [4.78, 5) is 38.0. The van der Waals surface area contributed by atoms with Gasteiger partial charge in [-0.1, -0.05) is 46.6 Å². The SMILES string of the molecule is CC1CCCC(C)C12OC(=O)C(=CC=CC1=C(O)OC3(OC1=O)C(C)CCCC3C)C(=O)O2. The molecule has 0 aromatic rings. The molecule has 0 radical (unpaired) electrons. The highest BCUT2D eigenvalue weighted by molar-refractivity contribution is 6.15. The second kappa shape index (κ2) is 8.54. The molecule has 8 heteroatoms. The van der Waals surface area contributed by atoms with E-state index in [1.165, 1.54) is 18.2 Å². The van der Waals surface area contributed by atoms with E-state index < -0.39 is 35.4 Å². The minimum absolute atomic E-state index is 0.0660. The highest BCUT2D eigenvalue weighted by Gasteiger charge is 2.55. The predicted molar refractivity (Wildman–Crippen MR) is 116 cm³/mol. The number of ether oxygens (including phenoxy) is 4. The summed E-state index contributed by atoms with van der Waals surface area (Å²) in [6.45, 7) is 7.69. The van der Waals surface area contributed by atoms with Crippen LogP contribution in [0.25, 0.3) is 0 Å². The summed E-state index contributed by atoms with van der Waals surface area (Å²) >= 11 is 0. The predicted octanol–water partition coefficient (Wildman–Crippen LogP) is 4.22. The van der Waals surface area contributed by atoms with E-state index in [4.69, 9.17) is 18.9 Å². The lowest BCUT2D eigenvalue weighted by Crippen LogP contribution is -2.56. The van der Waals surface area contributed by atoms with Crippen LogP contribution in [-0.2, 0) is 33.3 Å². The van der Waals surface area contributed by atoms with Crippen LogP contribution in [0, 0.1) is 23.7 Å². The first-order valence-electron chi connectivity index (χ1n) is 11.8. The molecule has 1 N–H and O–H groups in total. The number of hydrogen-bond donors (Lipinski definition) is 1. The van der Waals surface area contributed by atoms with Gasteiger partial charge in [0.2, 0.25) is 0 Å². The van der Waals surface area contributed by atoms with Crippen molar-refractivity contribution in [1.29, 1.82) is 0 Å². The van der Waals surface area contributed by atoms with E-state index >= 15 is 0 Å². The molecule has 2 spiro atoms. The van der Waals surface area contributed by atoms with Crippen molar-refractivity contribution in [2.24, 2.45) is 23.7 Å². The molecule has 8 nitrogen and oxygen atoms in total. The Labute approximate surface area is 193 Å². The zero-order valence-electron chi connectivity index (χ0n) is 19.6. The summed E-state index contributed by atoms with van der Waals surface area (Å²) in [6, 6.07) is 0. The van der Waals surface area contributed by atoms with E-state index in [1.807, 2.05) is 27.7 Å². The summed E-state index contributed by atoms with van der Waals surface area (Å²) in [6.07, 6.45) is 8.99. The van der Waals surface area contributed by atoms with Gasteiger partial charge in [0.05, 0.1) is 0 Å². The van der Waals surface area contributed by atoms with Gasteiger partial charge in [0.15, 0.2) is 0 Å². The highest BCUT2D eigenvalue weighted by atomic mass is 16.8. The van der Waals surface area contributed by atoms with E-state index in [1.54, 1.807) is 0 Å².